The first-order valence-electron chi connectivity index (χ1n) is 7.97. The van der Waals surface area contributed by atoms with E-state index in [1.807, 2.05) is 0 Å². The van der Waals surface area contributed by atoms with Crippen molar-refractivity contribution in [3.8, 4) is 5.75 Å². The molecule has 25 heavy (non-hydrogen) atoms. The van der Waals surface area contributed by atoms with Crippen molar-refractivity contribution < 1.29 is 19.5 Å². The van der Waals surface area contributed by atoms with Gasteiger partial charge < -0.3 is 10.0 Å². The van der Waals surface area contributed by atoms with Crippen LogP contribution >= 0.6 is 34.4 Å². The molecule has 0 bridgehead atoms. The molecule has 8 heteroatoms. The summed E-state index contributed by atoms with van der Waals surface area (Å²) >= 11 is 2.90. The number of piperidine rings is 1. The smallest absolute Gasteiger partial charge is 0.294 e. The first kappa shape index (κ1) is 18.2. The topological polar surface area (TPSA) is 77.9 Å². The summed E-state index contributed by atoms with van der Waals surface area (Å²) in [7, 11) is 0. The van der Waals surface area contributed by atoms with Crippen molar-refractivity contribution in [1.82, 2.24) is 9.80 Å². The van der Waals surface area contributed by atoms with Gasteiger partial charge in [0.05, 0.1) is 4.91 Å². The number of halogens is 1. The Kier molecular flexibility index (Phi) is 5.67. The van der Waals surface area contributed by atoms with Crippen molar-refractivity contribution >= 4 is 57.5 Å². The molecule has 2 saturated heterocycles. The minimum Gasteiger partial charge on any atom is -0.507 e. The monoisotopic (exact) mass is 472 g/mol. The Morgan fingerprint density at radius 1 is 1.24 bits per heavy atom. The summed E-state index contributed by atoms with van der Waals surface area (Å²) < 4.78 is 0.904. The van der Waals surface area contributed by atoms with Crippen LogP contribution in [0.3, 0.4) is 0 Å². The number of aromatic hydroxyl groups is 1. The molecule has 2 heterocycles. The van der Waals surface area contributed by atoms with Crippen LogP contribution in [0.15, 0.2) is 23.1 Å². The highest BCUT2D eigenvalue weighted by Gasteiger charge is 2.37. The summed E-state index contributed by atoms with van der Waals surface area (Å²) in [4.78, 5) is 39.9. The van der Waals surface area contributed by atoms with Crippen molar-refractivity contribution in [3.63, 3.8) is 0 Å². The molecule has 3 rings (SSSR count). The van der Waals surface area contributed by atoms with Crippen LogP contribution in [-0.2, 0) is 9.59 Å². The molecule has 2 fully saturated rings. The molecule has 132 valence electrons. The van der Waals surface area contributed by atoms with E-state index in [1.54, 1.807) is 17.0 Å². The van der Waals surface area contributed by atoms with Crippen LogP contribution in [0.25, 0.3) is 6.08 Å². The lowest BCUT2D eigenvalue weighted by atomic mass is 10.1. The molecule has 0 saturated carbocycles. The number of rotatable bonds is 3. The first-order valence-corrected chi connectivity index (χ1v) is 9.87. The van der Waals surface area contributed by atoms with E-state index >= 15 is 0 Å². The standard InChI is InChI=1S/C17H17IN2O4S/c18-12-4-5-13(21)11(8-12)9-14-16(23)20(17(24)25-14)10-15(22)19-6-2-1-3-7-19/h4-5,8-9,21H,1-3,6-7,10H2/b14-9-. The Hall–Kier alpha value is -1.55. The first-order chi connectivity index (χ1) is 12.0. The molecule has 1 aromatic carbocycles. The third-order valence-corrected chi connectivity index (χ3v) is 5.73. The van der Waals surface area contributed by atoms with Gasteiger partial charge in [-0.25, -0.2) is 0 Å². The predicted molar refractivity (Wildman–Crippen MR) is 104 cm³/mol. The van der Waals surface area contributed by atoms with Crippen molar-refractivity contribution in [2.45, 2.75) is 19.3 Å². The summed E-state index contributed by atoms with van der Waals surface area (Å²) in [6.45, 7) is 1.14. The second kappa shape index (κ2) is 7.77. The average Bonchev–Trinajstić information content (AvgIpc) is 2.86. The summed E-state index contributed by atoms with van der Waals surface area (Å²) in [6, 6.07) is 5.01. The molecule has 3 amide bonds. The molecule has 1 N–H and O–H groups in total. The number of carbonyl (C=O) groups is 3. The molecule has 1 aromatic rings. The van der Waals surface area contributed by atoms with Gasteiger partial charge in [-0.3, -0.25) is 19.3 Å². The van der Waals surface area contributed by atoms with Gasteiger partial charge in [0.25, 0.3) is 11.1 Å². The van der Waals surface area contributed by atoms with Gasteiger partial charge in [-0.2, -0.15) is 0 Å². The number of imide groups is 1. The van der Waals surface area contributed by atoms with Gasteiger partial charge in [-0.05, 0) is 77.9 Å². The zero-order valence-electron chi connectivity index (χ0n) is 13.4. The summed E-state index contributed by atoms with van der Waals surface area (Å²) in [5.74, 6) is -0.643. The minimum atomic E-state index is -0.487. The minimum absolute atomic E-state index is 0.0385. The molecule has 0 unspecified atom stereocenters. The SMILES string of the molecule is O=C(CN1C(=O)S/C(=C\c2cc(I)ccc2O)C1=O)N1CCCCC1. The Balaban J connectivity index is 1.74. The largest absolute Gasteiger partial charge is 0.507 e. The fourth-order valence-electron chi connectivity index (χ4n) is 2.80. The van der Waals surface area contributed by atoms with Gasteiger partial charge in [-0.15, -0.1) is 0 Å². The van der Waals surface area contributed by atoms with Crippen molar-refractivity contribution in [2.75, 3.05) is 19.6 Å². The number of phenols is 1. The number of hydrogen-bond acceptors (Lipinski definition) is 5. The predicted octanol–water partition coefficient (Wildman–Crippen LogP) is 3.05. The van der Waals surface area contributed by atoms with E-state index in [-0.39, 0.29) is 23.1 Å². The molecule has 0 spiro atoms. The fourth-order valence-corrected chi connectivity index (χ4v) is 4.14. The Morgan fingerprint density at radius 3 is 2.68 bits per heavy atom. The van der Waals surface area contributed by atoms with Crippen LogP contribution in [0, 0.1) is 3.57 Å². The summed E-state index contributed by atoms with van der Waals surface area (Å²) in [5.41, 5.74) is 0.472. The van der Waals surface area contributed by atoms with Crippen LogP contribution in [0.5, 0.6) is 5.75 Å². The van der Waals surface area contributed by atoms with E-state index < -0.39 is 11.1 Å². The van der Waals surface area contributed by atoms with Crippen molar-refractivity contribution in [3.05, 3.63) is 32.2 Å². The summed E-state index contributed by atoms with van der Waals surface area (Å²) in [6.07, 6.45) is 4.51. The van der Waals surface area contributed by atoms with Gasteiger partial charge in [-0.1, -0.05) is 0 Å². The maximum absolute atomic E-state index is 12.5. The van der Waals surface area contributed by atoms with E-state index in [0.717, 1.165) is 39.5 Å². The molecule has 2 aliphatic rings. The number of likely N-dealkylation sites (tertiary alicyclic amines) is 1. The summed E-state index contributed by atoms with van der Waals surface area (Å²) in [5, 5.41) is 9.45. The van der Waals surface area contributed by atoms with Gasteiger partial charge in [0, 0.05) is 22.2 Å². The highest BCUT2D eigenvalue weighted by molar-refractivity contribution is 14.1. The number of phenolic OH excluding ortho intramolecular Hbond substituents is 1. The molecular weight excluding hydrogens is 455 g/mol. The van der Waals surface area contributed by atoms with E-state index in [1.165, 1.54) is 12.1 Å². The maximum atomic E-state index is 12.5. The molecule has 0 radical (unpaired) electrons. The van der Waals surface area contributed by atoms with E-state index in [9.17, 15) is 19.5 Å². The zero-order valence-corrected chi connectivity index (χ0v) is 16.4. The van der Waals surface area contributed by atoms with E-state index in [4.69, 9.17) is 0 Å². The average molecular weight is 472 g/mol. The Labute approximate surface area is 163 Å². The quantitative estimate of drug-likeness (QED) is 0.541. The van der Waals surface area contributed by atoms with E-state index in [2.05, 4.69) is 22.6 Å². The third-order valence-electron chi connectivity index (χ3n) is 4.15. The Bertz CT molecular complexity index is 759. The number of carbonyl (C=O) groups excluding carboxylic acids is 3. The van der Waals surface area contributed by atoms with Gasteiger partial charge in [0.1, 0.15) is 12.3 Å². The molecule has 0 atom stereocenters. The molecular formula is C17H17IN2O4S. The normalized spacial score (nSPS) is 19.8. The van der Waals surface area contributed by atoms with Crippen LogP contribution < -0.4 is 0 Å². The lowest BCUT2D eigenvalue weighted by Gasteiger charge is -2.27. The van der Waals surface area contributed by atoms with Crippen LogP contribution in [0.1, 0.15) is 24.8 Å². The lowest BCUT2D eigenvalue weighted by molar-refractivity contribution is -0.136. The molecule has 0 aliphatic carbocycles. The van der Waals surface area contributed by atoms with Gasteiger partial charge >= 0.3 is 0 Å². The number of nitrogens with zero attached hydrogens (tertiary/aromatic N) is 2. The molecule has 2 aliphatic heterocycles. The Morgan fingerprint density at radius 2 is 1.96 bits per heavy atom. The number of benzene rings is 1. The molecule has 6 nitrogen and oxygen atoms in total. The number of thioether (sulfide) groups is 1. The lowest BCUT2D eigenvalue weighted by Crippen LogP contribution is -2.44. The highest BCUT2D eigenvalue weighted by atomic mass is 127. The van der Waals surface area contributed by atoms with Gasteiger partial charge in [0.15, 0.2) is 0 Å². The number of hydrogen-bond donors (Lipinski definition) is 1. The zero-order chi connectivity index (χ0) is 18.0. The van der Waals surface area contributed by atoms with Gasteiger partial charge in [0.2, 0.25) is 5.91 Å². The van der Waals surface area contributed by atoms with Crippen molar-refractivity contribution in [2.24, 2.45) is 0 Å². The molecule has 0 aromatic heterocycles. The maximum Gasteiger partial charge on any atom is 0.294 e. The second-order valence-electron chi connectivity index (χ2n) is 5.91. The highest BCUT2D eigenvalue weighted by Crippen LogP contribution is 2.34. The third kappa shape index (κ3) is 4.17. The van der Waals surface area contributed by atoms with Crippen LogP contribution in [-0.4, -0.2) is 51.6 Å². The van der Waals surface area contributed by atoms with Crippen molar-refractivity contribution in [1.29, 1.82) is 0 Å². The van der Waals surface area contributed by atoms with E-state index in [0.29, 0.717) is 18.7 Å². The van der Waals surface area contributed by atoms with Crippen LogP contribution in [0.4, 0.5) is 4.79 Å². The van der Waals surface area contributed by atoms with Crippen LogP contribution in [0.2, 0.25) is 0 Å². The fraction of sp³-hybridized carbons (Fsp3) is 0.353. The number of amides is 3. The second-order valence-corrected chi connectivity index (χ2v) is 8.15.